The number of carbonyl (C=O) groups excluding carboxylic acids is 2. The van der Waals surface area contributed by atoms with Gasteiger partial charge in [-0.1, -0.05) is 48.3 Å². The van der Waals surface area contributed by atoms with Crippen LogP contribution in [0.5, 0.6) is 0 Å². The van der Waals surface area contributed by atoms with Crippen molar-refractivity contribution in [3.05, 3.63) is 39.9 Å². The molecular formula is C18H24N4O2S. The normalized spacial score (nSPS) is 10.5. The van der Waals surface area contributed by atoms with Crippen LogP contribution in [-0.2, 0) is 11.2 Å². The van der Waals surface area contributed by atoms with Gasteiger partial charge in [0.1, 0.15) is 5.01 Å². The lowest BCUT2D eigenvalue weighted by molar-refractivity contribution is -0.115. The van der Waals surface area contributed by atoms with E-state index in [1.807, 2.05) is 19.9 Å². The molecule has 0 atom stereocenters. The summed E-state index contributed by atoms with van der Waals surface area (Å²) in [6.07, 6.45) is 4.27. The molecule has 2 N–H and O–H groups in total. The zero-order valence-corrected chi connectivity index (χ0v) is 15.7. The second kappa shape index (κ2) is 9.27. The molecule has 0 aliphatic heterocycles. The highest BCUT2D eigenvalue weighted by Gasteiger charge is 2.11. The van der Waals surface area contributed by atoms with Gasteiger partial charge in [-0.15, -0.1) is 10.2 Å². The molecule has 2 amide bonds. The Bertz CT molecular complexity index is 722. The first-order chi connectivity index (χ1) is 12.0. The van der Waals surface area contributed by atoms with Crippen LogP contribution in [0.3, 0.4) is 0 Å². The minimum Gasteiger partial charge on any atom is -0.343 e. The highest BCUT2D eigenvalue weighted by atomic mass is 32.1. The molecule has 0 aliphatic carbocycles. The number of aromatic nitrogens is 2. The van der Waals surface area contributed by atoms with Crippen molar-refractivity contribution in [3.8, 4) is 0 Å². The van der Waals surface area contributed by atoms with Crippen molar-refractivity contribution in [2.24, 2.45) is 0 Å². The summed E-state index contributed by atoms with van der Waals surface area (Å²) >= 11 is 1.38. The SMILES string of the molecule is CCCCCc1nnc(NC(=O)CNC(=O)c2cc(C)cc(C)c2)s1. The fourth-order valence-corrected chi connectivity index (χ4v) is 3.26. The Hall–Kier alpha value is -2.28. The van der Waals surface area contributed by atoms with E-state index < -0.39 is 0 Å². The standard InChI is InChI=1S/C18H24N4O2S/c1-4-5-6-7-16-21-22-18(25-16)20-15(23)11-19-17(24)14-9-12(2)8-13(3)10-14/h8-10H,4-7,11H2,1-3H3,(H,19,24)(H,20,22,23). The van der Waals surface area contributed by atoms with E-state index >= 15 is 0 Å². The fourth-order valence-electron chi connectivity index (χ4n) is 2.46. The molecule has 0 saturated carbocycles. The van der Waals surface area contributed by atoms with Crippen LogP contribution < -0.4 is 10.6 Å². The molecule has 134 valence electrons. The molecule has 0 fully saturated rings. The van der Waals surface area contributed by atoms with Crippen LogP contribution in [0, 0.1) is 13.8 Å². The summed E-state index contributed by atoms with van der Waals surface area (Å²) < 4.78 is 0. The number of aryl methyl sites for hydroxylation is 3. The molecule has 1 aromatic heterocycles. The van der Waals surface area contributed by atoms with Gasteiger partial charge in [0.25, 0.3) is 5.91 Å². The van der Waals surface area contributed by atoms with E-state index in [-0.39, 0.29) is 18.4 Å². The van der Waals surface area contributed by atoms with E-state index in [9.17, 15) is 9.59 Å². The lowest BCUT2D eigenvalue weighted by Crippen LogP contribution is -2.32. The Morgan fingerprint density at radius 1 is 1.08 bits per heavy atom. The van der Waals surface area contributed by atoms with Gasteiger partial charge in [-0.2, -0.15) is 0 Å². The van der Waals surface area contributed by atoms with Gasteiger partial charge in [-0.3, -0.25) is 14.9 Å². The van der Waals surface area contributed by atoms with Crippen molar-refractivity contribution in [2.45, 2.75) is 46.5 Å². The summed E-state index contributed by atoms with van der Waals surface area (Å²) in [4.78, 5) is 24.1. The number of anilines is 1. The summed E-state index contributed by atoms with van der Waals surface area (Å²) in [6, 6.07) is 5.60. The number of rotatable bonds is 8. The third-order valence-corrected chi connectivity index (χ3v) is 4.50. The Kier molecular flexibility index (Phi) is 7.06. The second-order valence-corrected chi connectivity index (χ2v) is 7.13. The van der Waals surface area contributed by atoms with Gasteiger partial charge in [0.05, 0.1) is 6.54 Å². The number of carbonyl (C=O) groups is 2. The first kappa shape index (κ1) is 19.1. The minimum atomic E-state index is -0.311. The lowest BCUT2D eigenvalue weighted by Gasteiger charge is -2.06. The van der Waals surface area contributed by atoms with Crippen LogP contribution in [0.1, 0.15) is 52.7 Å². The van der Waals surface area contributed by atoms with E-state index in [1.165, 1.54) is 11.3 Å². The van der Waals surface area contributed by atoms with Crippen molar-refractivity contribution >= 4 is 28.3 Å². The summed E-state index contributed by atoms with van der Waals surface area (Å²) in [6.45, 7) is 5.92. The molecule has 7 heteroatoms. The molecule has 0 aliphatic rings. The molecule has 1 aromatic carbocycles. The average Bonchev–Trinajstić information content (AvgIpc) is 2.99. The van der Waals surface area contributed by atoms with Crippen molar-refractivity contribution in [3.63, 3.8) is 0 Å². The fraction of sp³-hybridized carbons (Fsp3) is 0.444. The maximum Gasteiger partial charge on any atom is 0.251 e. The Labute approximate surface area is 152 Å². The highest BCUT2D eigenvalue weighted by molar-refractivity contribution is 7.15. The predicted octanol–water partition coefficient (Wildman–Crippen LogP) is 3.26. The Morgan fingerprint density at radius 3 is 2.48 bits per heavy atom. The van der Waals surface area contributed by atoms with Gasteiger partial charge in [0.2, 0.25) is 11.0 Å². The molecule has 2 aromatic rings. The minimum absolute atomic E-state index is 0.101. The van der Waals surface area contributed by atoms with Crippen LogP contribution in [0.2, 0.25) is 0 Å². The molecular weight excluding hydrogens is 336 g/mol. The predicted molar refractivity (Wildman–Crippen MR) is 100 cm³/mol. The van der Waals surface area contributed by atoms with Gasteiger partial charge in [-0.25, -0.2) is 0 Å². The first-order valence-corrected chi connectivity index (χ1v) is 9.28. The number of unbranched alkanes of at least 4 members (excludes halogenated alkanes) is 2. The van der Waals surface area contributed by atoms with Gasteiger partial charge in [-0.05, 0) is 32.4 Å². The Balaban J connectivity index is 1.81. The summed E-state index contributed by atoms with van der Waals surface area (Å²) in [5, 5.41) is 14.7. The van der Waals surface area contributed by atoms with Gasteiger partial charge >= 0.3 is 0 Å². The monoisotopic (exact) mass is 360 g/mol. The molecule has 0 spiro atoms. The molecule has 0 radical (unpaired) electrons. The molecule has 1 heterocycles. The number of nitrogens with one attached hydrogen (secondary N) is 2. The molecule has 0 saturated heterocycles. The van der Waals surface area contributed by atoms with Crippen LogP contribution in [0.25, 0.3) is 0 Å². The van der Waals surface area contributed by atoms with Crippen molar-refractivity contribution < 1.29 is 9.59 Å². The third-order valence-electron chi connectivity index (χ3n) is 3.60. The molecule has 2 rings (SSSR count). The van der Waals surface area contributed by atoms with Crippen molar-refractivity contribution in [1.29, 1.82) is 0 Å². The van der Waals surface area contributed by atoms with E-state index in [4.69, 9.17) is 0 Å². The number of nitrogens with zero attached hydrogens (tertiary/aromatic N) is 2. The summed E-state index contributed by atoms with van der Waals surface area (Å²) in [5.74, 6) is -0.576. The average molecular weight is 360 g/mol. The topological polar surface area (TPSA) is 84.0 Å². The maximum absolute atomic E-state index is 12.1. The van der Waals surface area contributed by atoms with Gasteiger partial charge < -0.3 is 5.32 Å². The van der Waals surface area contributed by atoms with E-state index in [1.54, 1.807) is 12.1 Å². The van der Waals surface area contributed by atoms with Crippen LogP contribution >= 0.6 is 11.3 Å². The zero-order chi connectivity index (χ0) is 18.2. The summed E-state index contributed by atoms with van der Waals surface area (Å²) in [7, 11) is 0. The van der Waals surface area contributed by atoms with E-state index in [0.29, 0.717) is 10.7 Å². The van der Waals surface area contributed by atoms with Gasteiger partial charge in [0.15, 0.2) is 0 Å². The lowest BCUT2D eigenvalue weighted by atomic mass is 10.1. The number of hydrogen-bond donors (Lipinski definition) is 2. The van der Waals surface area contributed by atoms with Crippen molar-refractivity contribution in [1.82, 2.24) is 15.5 Å². The summed E-state index contributed by atoms with van der Waals surface area (Å²) in [5.41, 5.74) is 2.58. The van der Waals surface area contributed by atoms with Crippen LogP contribution in [-0.4, -0.2) is 28.6 Å². The smallest absolute Gasteiger partial charge is 0.251 e. The van der Waals surface area contributed by atoms with E-state index in [2.05, 4.69) is 27.8 Å². The first-order valence-electron chi connectivity index (χ1n) is 8.46. The quantitative estimate of drug-likeness (QED) is 0.708. The third kappa shape index (κ3) is 6.26. The van der Waals surface area contributed by atoms with Gasteiger partial charge in [0, 0.05) is 12.0 Å². The molecule has 0 unspecified atom stereocenters. The van der Waals surface area contributed by atoms with Crippen LogP contribution in [0.4, 0.5) is 5.13 Å². The zero-order valence-electron chi connectivity index (χ0n) is 14.9. The molecule has 25 heavy (non-hydrogen) atoms. The van der Waals surface area contributed by atoms with Crippen molar-refractivity contribution in [2.75, 3.05) is 11.9 Å². The largest absolute Gasteiger partial charge is 0.343 e. The van der Waals surface area contributed by atoms with Crippen LogP contribution in [0.15, 0.2) is 18.2 Å². The molecule has 0 bridgehead atoms. The number of amides is 2. The Morgan fingerprint density at radius 2 is 1.80 bits per heavy atom. The number of hydrogen-bond acceptors (Lipinski definition) is 5. The second-order valence-electron chi connectivity index (χ2n) is 6.07. The molecule has 6 nitrogen and oxygen atoms in total. The number of benzene rings is 1. The maximum atomic E-state index is 12.1. The highest BCUT2D eigenvalue weighted by Crippen LogP contribution is 2.17. The van der Waals surface area contributed by atoms with E-state index in [0.717, 1.165) is 41.8 Å².